The van der Waals surface area contributed by atoms with Crippen molar-refractivity contribution in [2.24, 2.45) is 0 Å². The van der Waals surface area contributed by atoms with Gasteiger partial charge < -0.3 is 0 Å². The highest BCUT2D eigenvalue weighted by Gasteiger charge is 2.16. The molecular formula is C27H21NS. The van der Waals surface area contributed by atoms with E-state index in [0.29, 0.717) is 0 Å². The highest BCUT2D eigenvalue weighted by molar-refractivity contribution is 7.99. The Bertz CT molecular complexity index is 1280. The number of benzene rings is 4. The molecule has 0 amide bonds. The molecule has 0 aliphatic heterocycles. The molecule has 2 heteroatoms. The highest BCUT2D eigenvalue weighted by atomic mass is 32.2. The molecule has 4 aromatic carbocycles. The molecule has 1 nitrogen and oxygen atoms in total. The molecule has 0 aliphatic rings. The topological polar surface area (TPSA) is 12.9 Å². The largest absolute Gasteiger partial charge is 0.256 e. The minimum Gasteiger partial charge on any atom is -0.256 e. The Morgan fingerprint density at radius 1 is 0.655 bits per heavy atom. The molecule has 1 aromatic heterocycles. The zero-order chi connectivity index (χ0) is 19.8. The summed E-state index contributed by atoms with van der Waals surface area (Å²) >= 11 is 1.83. The van der Waals surface area contributed by atoms with Crippen LogP contribution >= 0.6 is 11.8 Å². The van der Waals surface area contributed by atoms with E-state index in [-0.39, 0.29) is 0 Å². The lowest BCUT2D eigenvalue weighted by Gasteiger charge is -2.16. The summed E-state index contributed by atoms with van der Waals surface area (Å²) < 4.78 is 0. The molecular weight excluding hydrogens is 370 g/mol. The summed E-state index contributed by atoms with van der Waals surface area (Å²) in [5, 5.41) is 3.72. The van der Waals surface area contributed by atoms with Crippen molar-refractivity contribution in [1.29, 1.82) is 0 Å². The first-order valence-electron chi connectivity index (χ1n) is 9.82. The van der Waals surface area contributed by atoms with Crippen LogP contribution in [0.15, 0.2) is 101 Å². The van der Waals surface area contributed by atoms with Crippen molar-refractivity contribution in [3.05, 3.63) is 102 Å². The van der Waals surface area contributed by atoms with Crippen LogP contribution in [-0.4, -0.2) is 4.98 Å². The van der Waals surface area contributed by atoms with Gasteiger partial charge in [-0.15, -0.1) is 0 Å². The van der Waals surface area contributed by atoms with Crippen LogP contribution in [0, 0.1) is 13.8 Å². The monoisotopic (exact) mass is 391 g/mol. The molecule has 0 N–H and O–H groups in total. The van der Waals surface area contributed by atoms with E-state index in [9.17, 15) is 0 Å². The zero-order valence-corrected chi connectivity index (χ0v) is 17.3. The van der Waals surface area contributed by atoms with Crippen LogP contribution in [0.4, 0.5) is 0 Å². The number of hydrogen-bond acceptors (Lipinski definition) is 2. The van der Waals surface area contributed by atoms with Crippen LogP contribution in [0.3, 0.4) is 0 Å². The second-order valence-electron chi connectivity index (χ2n) is 7.36. The molecule has 0 bridgehead atoms. The lowest BCUT2D eigenvalue weighted by Crippen LogP contribution is -1.91. The molecule has 5 aromatic rings. The third-order valence-corrected chi connectivity index (χ3v) is 6.62. The van der Waals surface area contributed by atoms with E-state index in [1.165, 1.54) is 48.2 Å². The summed E-state index contributed by atoms with van der Waals surface area (Å²) in [5.41, 5.74) is 6.12. The van der Waals surface area contributed by atoms with Gasteiger partial charge in [0, 0.05) is 26.9 Å². The summed E-state index contributed by atoms with van der Waals surface area (Å²) in [6.07, 6.45) is 1.90. The van der Waals surface area contributed by atoms with Crippen molar-refractivity contribution in [2.45, 2.75) is 23.6 Å². The second kappa shape index (κ2) is 7.38. The van der Waals surface area contributed by atoms with Gasteiger partial charge in [0.15, 0.2) is 0 Å². The average molecular weight is 392 g/mol. The minimum absolute atomic E-state index is 1.06. The molecule has 0 atom stereocenters. The van der Waals surface area contributed by atoms with E-state index in [2.05, 4.69) is 92.7 Å². The molecule has 0 spiro atoms. The molecule has 1 heterocycles. The maximum absolute atomic E-state index is 4.83. The van der Waals surface area contributed by atoms with Crippen molar-refractivity contribution in [2.75, 3.05) is 0 Å². The number of fused-ring (bicyclic) bond motifs is 2. The summed E-state index contributed by atoms with van der Waals surface area (Å²) in [5.74, 6) is 0. The predicted molar refractivity (Wildman–Crippen MR) is 125 cm³/mol. The first-order chi connectivity index (χ1) is 14.2. The van der Waals surface area contributed by atoms with Crippen LogP contribution in [0.5, 0.6) is 0 Å². The first-order valence-corrected chi connectivity index (χ1v) is 10.6. The zero-order valence-electron chi connectivity index (χ0n) is 16.5. The molecule has 0 radical (unpaired) electrons. The summed E-state index contributed by atoms with van der Waals surface area (Å²) in [6, 6.07) is 30.2. The van der Waals surface area contributed by atoms with Crippen LogP contribution in [-0.2, 0) is 0 Å². The molecule has 0 unspecified atom stereocenters. The van der Waals surface area contributed by atoms with Gasteiger partial charge in [-0.2, -0.15) is 0 Å². The number of aryl methyl sites for hydroxylation is 2. The van der Waals surface area contributed by atoms with Gasteiger partial charge in [-0.3, -0.25) is 4.98 Å². The SMILES string of the molecule is Cc1ccc(Sc2c3ccccc3c(-c3ccccc3)c3ncccc23)cc1C. The van der Waals surface area contributed by atoms with E-state index in [0.717, 1.165) is 5.52 Å². The van der Waals surface area contributed by atoms with Gasteiger partial charge in [-0.05, 0) is 59.5 Å². The Kier molecular flexibility index (Phi) is 4.57. The van der Waals surface area contributed by atoms with Crippen molar-refractivity contribution in [3.8, 4) is 11.1 Å². The predicted octanol–water partition coefficient (Wildman–Crippen LogP) is 7.82. The molecule has 0 aliphatic carbocycles. The fraction of sp³-hybridized carbons (Fsp3) is 0.0741. The minimum atomic E-state index is 1.06. The van der Waals surface area contributed by atoms with Crippen LogP contribution in [0.2, 0.25) is 0 Å². The maximum atomic E-state index is 4.83. The smallest absolute Gasteiger partial charge is 0.0798 e. The number of rotatable bonds is 3. The Morgan fingerprint density at radius 2 is 1.38 bits per heavy atom. The lowest BCUT2D eigenvalue weighted by atomic mass is 9.95. The second-order valence-corrected chi connectivity index (χ2v) is 8.45. The third-order valence-electron chi connectivity index (χ3n) is 5.49. The fourth-order valence-electron chi connectivity index (χ4n) is 3.86. The first kappa shape index (κ1) is 18.0. The third kappa shape index (κ3) is 3.20. The normalized spacial score (nSPS) is 11.2. The van der Waals surface area contributed by atoms with Crippen LogP contribution in [0.1, 0.15) is 11.1 Å². The van der Waals surface area contributed by atoms with Crippen molar-refractivity contribution >= 4 is 33.4 Å². The van der Waals surface area contributed by atoms with Crippen LogP contribution < -0.4 is 0 Å². The van der Waals surface area contributed by atoms with Gasteiger partial charge in [0.25, 0.3) is 0 Å². The Hall–Kier alpha value is -3.10. The van der Waals surface area contributed by atoms with Gasteiger partial charge in [-0.1, -0.05) is 78.5 Å². The molecule has 5 rings (SSSR count). The van der Waals surface area contributed by atoms with E-state index >= 15 is 0 Å². The molecule has 0 saturated carbocycles. The lowest BCUT2D eigenvalue weighted by molar-refractivity contribution is 1.28. The Balaban J connectivity index is 1.84. The number of pyridine rings is 1. The van der Waals surface area contributed by atoms with E-state index in [4.69, 9.17) is 4.98 Å². The van der Waals surface area contributed by atoms with Gasteiger partial charge in [-0.25, -0.2) is 0 Å². The number of hydrogen-bond donors (Lipinski definition) is 0. The standard InChI is InChI=1S/C27H21NS/c1-18-14-15-21(17-19(18)2)29-27-23-12-7-6-11-22(23)25(20-9-4-3-5-10-20)26-24(27)13-8-16-28-26/h3-17H,1-2H3. The number of aromatic nitrogens is 1. The van der Waals surface area contributed by atoms with Crippen molar-refractivity contribution in [1.82, 2.24) is 4.98 Å². The summed E-state index contributed by atoms with van der Waals surface area (Å²) in [7, 11) is 0. The maximum Gasteiger partial charge on any atom is 0.0798 e. The van der Waals surface area contributed by atoms with Gasteiger partial charge in [0.2, 0.25) is 0 Å². The van der Waals surface area contributed by atoms with Crippen LogP contribution in [0.25, 0.3) is 32.8 Å². The van der Waals surface area contributed by atoms with Crippen molar-refractivity contribution in [3.63, 3.8) is 0 Å². The van der Waals surface area contributed by atoms with E-state index < -0.39 is 0 Å². The molecule has 0 fully saturated rings. The highest BCUT2D eigenvalue weighted by Crippen LogP contribution is 2.44. The van der Waals surface area contributed by atoms with E-state index in [1.54, 1.807) is 0 Å². The Morgan fingerprint density at radius 3 is 2.17 bits per heavy atom. The molecule has 140 valence electrons. The molecule has 0 saturated heterocycles. The Labute approximate surface area is 175 Å². The quantitative estimate of drug-likeness (QED) is 0.291. The van der Waals surface area contributed by atoms with E-state index in [1.807, 2.05) is 24.0 Å². The van der Waals surface area contributed by atoms with Crippen molar-refractivity contribution < 1.29 is 0 Å². The number of nitrogens with zero attached hydrogens (tertiary/aromatic N) is 1. The van der Waals surface area contributed by atoms with Gasteiger partial charge in [0.05, 0.1) is 5.52 Å². The molecule has 29 heavy (non-hydrogen) atoms. The van der Waals surface area contributed by atoms with Gasteiger partial charge >= 0.3 is 0 Å². The average Bonchev–Trinajstić information content (AvgIpc) is 2.77. The summed E-state index contributed by atoms with van der Waals surface area (Å²) in [4.78, 5) is 7.36. The van der Waals surface area contributed by atoms with Gasteiger partial charge in [0.1, 0.15) is 0 Å². The fourth-order valence-corrected chi connectivity index (χ4v) is 5.03. The summed E-state index contributed by atoms with van der Waals surface area (Å²) in [6.45, 7) is 4.34.